The molecule has 0 spiro atoms. The molecular weight excluding hydrogens is 408 g/mol. The monoisotopic (exact) mass is 446 g/mol. The van der Waals surface area contributed by atoms with Crippen LogP contribution in [0.1, 0.15) is 90.9 Å². The molecule has 31 heavy (non-hydrogen) atoms. The van der Waals surface area contributed by atoms with Crippen molar-refractivity contribution < 1.29 is 38.9 Å². The Morgan fingerprint density at radius 2 is 0.935 bits per heavy atom. The first-order valence-electron chi connectivity index (χ1n) is 11.2. The highest BCUT2D eigenvalue weighted by molar-refractivity contribution is 6.07. The molecule has 4 N–H and O–H groups in total. The zero-order valence-corrected chi connectivity index (χ0v) is 18.7. The lowest BCUT2D eigenvalue weighted by molar-refractivity contribution is -0.160. The van der Waals surface area contributed by atoms with Gasteiger partial charge in [-0.3, -0.25) is 10.6 Å². The molecule has 180 valence electrons. The minimum atomic E-state index is -3.09. The second-order valence-corrected chi connectivity index (χ2v) is 7.42. The Morgan fingerprint density at radius 1 is 0.613 bits per heavy atom. The number of nitrogens with one attached hydrogen (secondary N) is 2. The summed E-state index contributed by atoms with van der Waals surface area (Å²) in [6.07, 6.45) is 8.89. The van der Waals surface area contributed by atoms with Crippen LogP contribution in [-0.4, -0.2) is 53.2 Å². The summed E-state index contributed by atoms with van der Waals surface area (Å²) in [4.78, 5) is 47.0. The summed E-state index contributed by atoms with van der Waals surface area (Å²) in [5, 5.41) is 22.2. The van der Waals surface area contributed by atoms with Crippen molar-refractivity contribution in [2.75, 3.05) is 13.2 Å². The molecule has 0 saturated carbocycles. The van der Waals surface area contributed by atoms with Crippen molar-refractivity contribution in [2.24, 2.45) is 0 Å². The fourth-order valence-corrected chi connectivity index (χ4v) is 2.81. The molecule has 10 nitrogen and oxygen atoms in total. The van der Waals surface area contributed by atoms with Crippen LogP contribution in [0.4, 0.5) is 9.59 Å². The van der Waals surface area contributed by atoms with E-state index in [4.69, 9.17) is 9.47 Å². The van der Waals surface area contributed by atoms with Crippen molar-refractivity contribution in [3.63, 3.8) is 0 Å². The lowest BCUT2D eigenvalue weighted by Gasteiger charge is -2.26. The van der Waals surface area contributed by atoms with E-state index in [-0.39, 0.29) is 13.2 Å². The van der Waals surface area contributed by atoms with E-state index in [1.165, 1.54) is 0 Å². The number of carbonyl (C=O) groups excluding carboxylic acids is 2. The molecule has 0 unspecified atom stereocenters. The number of amides is 2. The maximum atomic E-state index is 11.9. The van der Waals surface area contributed by atoms with Crippen molar-refractivity contribution >= 4 is 24.1 Å². The second kappa shape index (κ2) is 17.2. The molecule has 0 aromatic heterocycles. The number of alkyl carbamates (subject to hydrolysis) is 2. The van der Waals surface area contributed by atoms with Crippen molar-refractivity contribution in [3.05, 3.63) is 0 Å². The van der Waals surface area contributed by atoms with Crippen molar-refractivity contribution in [1.29, 1.82) is 0 Å². The van der Waals surface area contributed by atoms with Crippen LogP contribution in [0.25, 0.3) is 0 Å². The summed E-state index contributed by atoms with van der Waals surface area (Å²) in [5.74, 6) is -3.96. The van der Waals surface area contributed by atoms with Crippen molar-refractivity contribution in [2.45, 2.75) is 96.6 Å². The predicted octanol–water partition coefficient (Wildman–Crippen LogP) is 4.03. The summed E-state index contributed by atoms with van der Waals surface area (Å²) in [7, 11) is 0. The van der Waals surface area contributed by atoms with Gasteiger partial charge in [-0.2, -0.15) is 0 Å². The van der Waals surface area contributed by atoms with E-state index in [9.17, 15) is 29.4 Å². The predicted molar refractivity (Wildman–Crippen MR) is 114 cm³/mol. The zero-order valence-electron chi connectivity index (χ0n) is 18.7. The van der Waals surface area contributed by atoms with Crippen LogP contribution in [0.3, 0.4) is 0 Å². The highest BCUT2D eigenvalue weighted by Crippen LogP contribution is 2.08. The number of carboxylic acids is 2. The van der Waals surface area contributed by atoms with E-state index < -0.39 is 29.8 Å². The van der Waals surface area contributed by atoms with Crippen LogP contribution in [0, 0.1) is 0 Å². The number of rotatable bonds is 18. The third-order valence-corrected chi connectivity index (χ3v) is 4.68. The van der Waals surface area contributed by atoms with Gasteiger partial charge in [0.1, 0.15) is 0 Å². The van der Waals surface area contributed by atoms with Gasteiger partial charge >= 0.3 is 29.8 Å². The van der Waals surface area contributed by atoms with E-state index in [1.54, 1.807) is 10.6 Å². The number of ether oxygens (including phenoxy) is 2. The first-order valence-corrected chi connectivity index (χ1v) is 11.2. The first-order chi connectivity index (χ1) is 14.8. The lowest BCUT2D eigenvalue weighted by atomic mass is 10.1. The van der Waals surface area contributed by atoms with Gasteiger partial charge in [-0.05, 0) is 12.8 Å². The van der Waals surface area contributed by atoms with Crippen molar-refractivity contribution in [1.82, 2.24) is 10.6 Å². The molecule has 0 aliphatic carbocycles. The van der Waals surface area contributed by atoms with E-state index in [0.717, 1.165) is 64.2 Å². The Kier molecular flexibility index (Phi) is 15.8. The Balaban J connectivity index is 4.52. The second-order valence-electron chi connectivity index (χ2n) is 7.42. The van der Waals surface area contributed by atoms with Gasteiger partial charge in [0.15, 0.2) is 0 Å². The third-order valence-electron chi connectivity index (χ3n) is 4.68. The quantitative estimate of drug-likeness (QED) is 0.140. The fourth-order valence-electron chi connectivity index (χ4n) is 2.81. The third kappa shape index (κ3) is 12.7. The van der Waals surface area contributed by atoms with Gasteiger partial charge in [-0.1, -0.05) is 78.1 Å². The molecule has 2 amide bonds. The Hall–Kier alpha value is -2.52. The normalized spacial score (nSPS) is 10.9. The summed E-state index contributed by atoms with van der Waals surface area (Å²) in [5.41, 5.74) is -3.09. The van der Waals surface area contributed by atoms with Gasteiger partial charge < -0.3 is 19.7 Å². The first kappa shape index (κ1) is 28.5. The molecule has 0 atom stereocenters. The van der Waals surface area contributed by atoms with Gasteiger partial charge in [-0.15, -0.1) is 0 Å². The minimum Gasteiger partial charge on any atom is -0.478 e. The van der Waals surface area contributed by atoms with E-state index in [1.807, 2.05) is 0 Å². The maximum absolute atomic E-state index is 11.9. The molecule has 0 saturated heterocycles. The Labute approximate surface area is 184 Å². The van der Waals surface area contributed by atoms with Gasteiger partial charge in [0, 0.05) is 0 Å². The topological polar surface area (TPSA) is 151 Å². The molecular formula is C21H38N2O8. The fraction of sp³-hybridized carbons (Fsp3) is 0.810. The SMILES string of the molecule is CCCCCCCCOC(=O)NC(NC(=O)OCCCCCCCC)(C(=O)O)C(=O)O. The van der Waals surface area contributed by atoms with Gasteiger partial charge in [0.2, 0.25) is 0 Å². The number of carbonyl (C=O) groups is 4. The molecule has 0 fully saturated rings. The van der Waals surface area contributed by atoms with Crippen LogP contribution in [-0.2, 0) is 19.1 Å². The summed E-state index contributed by atoms with van der Waals surface area (Å²) < 4.78 is 9.72. The zero-order chi connectivity index (χ0) is 23.5. The molecule has 10 heteroatoms. The molecule has 0 aromatic rings. The molecule has 0 aromatic carbocycles. The number of aliphatic carboxylic acids is 2. The lowest BCUT2D eigenvalue weighted by Crippen LogP contribution is -2.70. The van der Waals surface area contributed by atoms with Crippen LogP contribution in [0.2, 0.25) is 0 Å². The average molecular weight is 447 g/mol. The molecule has 0 aliphatic rings. The van der Waals surface area contributed by atoms with Crippen LogP contribution in [0.5, 0.6) is 0 Å². The van der Waals surface area contributed by atoms with Crippen LogP contribution < -0.4 is 10.6 Å². The summed E-state index contributed by atoms with van der Waals surface area (Å²) in [6, 6.07) is 0. The Bertz CT molecular complexity index is 505. The molecule has 0 rings (SSSR count). The highest BCUT2D eigenvalue weighted by atomic mass is 16.6. The highest BCUT2D eigenvalue weighted by Gasteiger charge is 2.51. The summed E-state index contributed by atoms with van der Waals surface area (Å²) in [6.45, 7) is 4.22. The van der Waals surface area contributed by atoms with E-state index >= 15 is 0 Å². The Morgan fingerprint density at radius 3 is 1.26 bits per heavy atom. The average Bonchev–Trinajstić information content (AvgIpc) is 2.71. The minimum absolute atomic E-state index is 0.00968. The number of hydrogen-bond donors (Lipinski definition) is 4. The van der Waals surface area contributed by atoms with Crippen LogP contribution in [0.15, 0.2) is 0 Å². The molecule has 0 bridgehead atoms. The van der Waals surface area contributed by atoms with Crippen LogP contribution >= 0.6 is 0 Å². The smallest absolute Gasteiger partial charge is 0.409 e. The molecule has 0 heterocycles. The molecule has 0 radical (unpaired) electrons. The largest absolute Gasteiger partial charge is 0.478 e. The van der Waals surface area contributed by atoms with E-state index in [2.05, 4.69) is 13.8 Å². The van der Waals surface area contributed by atoms with Gasteiger partial charge in [0.05, 0.1) is 13.2 Å². The molecule has 0 aliphatic heterocycles. The summed E-state index contributed by atoms with van der Waals surface area (Å²) >= 11 is 0. The van der Waals surface area contributed by atoms with E-state index in [0.29, 0.717) is 12.8 Å². The maximum Gasteiger partial charge on any atom is 0.409 e. The van der Waals surface area contributed by atoms with Crippen molar-refractivity contribution in [3.8, 4) is 0 Å². The number of hydrogen-bond acceptors (Lipinski definition) is 6. The number of carboxylic acid groups (broad SMARTS) is 2. The number of unbranched alkanes of at least 4 members (excludes halogenated alkanes) is 10. The standard InChI is InChI=1S/C21H38N2O8/c1-3-5-7-9-11-13-15-30-19(28)22-21(17(24)25,18(26)27)23-20(29)31-16-14-12-10-8-6-4-2/h3-16H2,1-2H3,(H,22,28)(H,23,29)(H,24,25)(H,26,27). The van der Waals surface area contributed by atoms with Gasteiger partial charge in [-0.25, -0.2) is 19.2 Å². The van der Waals surface area contributed by atoms with Gasteiger partial charge in [0.25, 0.3) is 0 Å².